The smallest absolute Gasteiger partial charge is 0.410 e. The van der Waals surface area contributed by atoms with Crippen LogP contribution < -0.4 is 4.74 Å². The zero-order valence-electron chi connectivity index (χ0n) is 13.6. The van der Waals surface area contributed by atoms with Crippen molar-refractivity contribution in [2.45, 2.75) is 18.9 Å². The van der Waals surface area contributed by atoms with Gasteiger partial charge < -0.3 is 14.5 Å². The summed E-state index contributed by atoms with van der Waals surface area (Å²) in [5.74, 6) is 0.584. The van der Waals surface area contributed by atoms with Crippen molar-refractivity contribution in [1.29, 1.82) is 0 Å². The summed E-state index contributed by atoms with van der Waals surface area (Å²) in [4.78, 5) is 21.1. The number of carbonyl (C=O) groups excluding carboxylic acids is 1. The summed E-state index contributed by atoms with van der Waals surface area (Å²) in [6.45, 7) is 3.88. The van der Waals surface area contributed by atoms with Crippen molar-refractivity contribution in [3.63, 3.8) is 0 Å². The molecule has 2 bridgehead atoms. The van der Waals surface area contributed by atoms with Crippen LogP contribution in [0.4, 0.5) is 4.79 Å². The van der Waals surface area contributed by atoms with Gasteiger partial charge in [0, 0.05) is 50.2 Å². The monoisotopic (exact) mass is 323 g/mol. The number of nitrogens with zero attached hydrogens (tertiary/aromatic N) is 3. The average molecular weight is 323 g/mol. The first kappa shape index (κ1) is 15.1. The molecule has 0 N–H and O–H groups in total. The summed E-state index contributed by atoms with van der Waals surface area (Å²) >= 11 is 0. The van der Waals surface area contributed by atoms with Crippen molar-refractivity contribution in [2.75, 3.05) is 26.2 Å². The fourth-order valence-electron chi connectivity index (χ4n) is 3.56. The Balaban J connectivity index is 1.50. The van der Waals surface area contributed by atoms with Gasteiger partial charge >= 0.3 is 6.09 Å². The van der Waals surface area contributed by atoms with Gasteiger partial charge in [-0.25, -0.2) is 4.79 Å². The van der Waals surface area contributed by atoms with Crippen LogP contribution >= 0.6 is 0 Å². The Morgan fingerprint density at radius 2 is 1.88 bits per heavy atom. The molecule has 124 valence electrons. The molecule has 1 aromatic heterocycles. The number of aromatic nitrogens is 1. The van der Waals surface area contributed by atoms with Gasteiger partial charge in [0.2, 0.25) is 0 Å². The normalized spacial score (nSPS) is 22.9. The molecule has 3 fully saturated rings. The SMILES string of the molecule is O=C(Oc1cccc(-c2cccnc2)c1)N1CCN2CCC1CC2. The first-order valence-electron chi connectivity index (χ1n) is 8.51. The molecule has 0 aliphatic carbocycles. The highest BCUT2D eigenvalue weighted by molar-refractivity contribution is 5.72. The van der Waals surface area contributed by atoms with E-state index in [4.69, 9.17) is 4.74 Å². The van der Waals surface area contributed by atoms with Crippen molar-refractivity contribution in [3.05, 3.63) is 48.8 Å². The van der Waals surface area contributed by atoms with Crippen LogP contribution in [0.25, 0.3) is 11.1 Å². The predicted octanol–water partition coefficient (Wildman–Crippen LogP) is 3.03. The lowest BCUT2D eigenvalue weighted by Crippen LogP contribution is -2.43. The number of hydrogen-bond donors (Lipinski definition) is 0. The lowest BCUT2D eigenvalue weighted by atomic mass is 10.1. The molecule has 3 saturated heterocycles. The molecule has 1 aromatic carbocycles. The highest BCUT2D eigenvalue weighted by Crippen LogP contribution is 2.25. The fourth-order valence-corrected chi connectivity index (χ4v) is 3.56. The van der Waals surface area contributed by atoms with Crippen molar-refractivity contribution >= 4 is 6.09 Å². The average Bonchev–Trinajstić information content (AvgIpc) is 2.97. The van der Waals surface area contributed by atoms with E-state index in [2.05, 4.69) is 9.88 Å². The summed E-state index contributed by atoms with van der Waals surface area (Å²) in [7, 11) is 0. The first-order chi connectivity index (χ1) is 11.8. The van der Waals surface area contributed by atoms with Gasteiger partial charge in [-0.3, -0.25) is 4.98 Å². The number of pyridine rings is 1. The molecule has 4 heterocycles. The maximum atomic E-state index is 12.6. The van der Waals surface area contributed by atoms with Gasteiger partial charge in [-0.05, 0) is 36.6 Å². The van der Waals surface area contributed by atoms with E-state index >= 15 is 0 Å². The summed E-state index contributed by atoms with van der Waals surface area (Å²) in [6.07, 6.45) is 5.42. The maximum absolute atomic E-state index is 12.6. The quantitative estimate of drug-likeness (QED) is 0.852. The van der Waals surface area contributed by atoms with Crippen molar-refractivity contribution < 1.29 is 9.53 Å². The second-order valence-electron chi connectivity index (χ2n) is 6.40. The summed E-state index contributed by atoms with van der Waals surface area (Å²) < 4.78 is 5.67. The van der Waals surface area contributed by atoms with E-state index in [1.54, 1.807) is 6.20 Å². The van der Waals surface area contributed by atoms with Crippen molar-refractivity contribution in [3.8, 4) is 16.9 Å². The number of hydrogen-bond acceptors (Lipinski definition) is 4. The third kappa shape index (κ3) is 3.12. The largest absolute Gasteiger partial charge is 0.415 e. The van der Waals surface area contributed by atoms with E-state index in [0.29, 0.717) is 11.8 Å². The Morgan fingerprint density at radius 3 is 2.67 bits per heavy atom. The van der Waals surface area contributed by atoms with Crippen LogP contribution in [0.5, 0.6) is 5.75 Å². The zero-order chi connectivity index (χ0) is 16.4. The number of benzene rings is 1. The minimum atomic E-state index is -0.230. The van der Waals surface area contributed by atoms with Gasteiger partial charge in [-0.15, -0.1) is 0 Å². The summed E-state index contributed by atoms with van der Waals surface area (Å²) in [6, 6.07) is 11.8. The van der Waals surface area contributed by atoms with Crippen LogP contribution in [0.3, 0.4) is 0 Å². The Bertz CT molecular complexity index is 712. The highest BCUT2D eigenvalue weighted by Gasteiger charge is 2.32. The molecule has 0 unspecified atom stereocenters. The van der Waals surface area contributed by atoms with Gasteiger partial charge in [0.05, 0.1) is 0 Å². The number of rotatable bonds is 2. The van der Waals surface area contributed by atoms with Gasteiger partial charge in [0.15, 0.2) is 0 Å². The highest BCUT2D eigenvalue weighted by atomic mass is 16.6. The molecule has 2 aromatic rings. The number of carbonyl (C=O) groups is 1. The number of fused-ring (bicyclic) bond motifs is 4. The first-order valence-corrected chi connectivity index (χ1v) is 8.51. The molecule has 0 spiro atoms. The molecule has 3 aliphatic heterocycles. The molecular formula is C19H21N3O2. The van der Waals surface area contributed by atoms with E-state index in [1.807, 2.05) is 47.5 Å². The van der Waals surface area contributed by atoms with Crippen LogP contribution in [0, 0.1) is 0 Å². The van der Waals surface area contributed by atoms with Gasteiger partial charge in [0.1, 0.15) is 5.75 Å². The molecule has 0 atom stereocenters. The zero-order valence-corrected chi connectivity index (χ0v) is 13.6. The van der Waals surface area contributed by atoms with Crippen LogP contribution in [0.15, 0.2) is 48.8 Å². The molecule has 0 saturated carbocycles. The lowest BCUT2D eigenvalue weighted by molar-refractivity contribution is 0.131. The van der Waals surface area contributed by atoms with E-state index in [-0.39, 0.29) is 6.09 Å². The van der Waals surface area contributed by atoms with Gasteiger partial charge in [-0.2, -0.15) is 0 Å². The minimum absolute atomic E-state index is 0.230. The third-order valence-corrected chi connectivity index (χ3v) is 4.92. The number of amides is 1. The van der Waals surface area contributed by atoms with Crippen LogP contribution in [0.1, 0.15) is 12.8 Å². The van der Waals surface area contributed by atoms with E-state index in [1.165, 1.54) is 0 Å². The molecule has 24 heavy (non-hydrogen) atoms. The molecule has 3 aliphatic rings. The lowest BCUT2D eigenvalue weighted by Gasteiger charge is -2.30. The number of ether oxygens (including phenoxy) is 1. The maximum Gasteiger partial charge on any atom is 0.415 e. The predicted molar refractivity (Wildman–Crippen MR) is 91.9 cm³/mol. The molecule has 0 radical (unpaired) electrons. The standard InChI is InChI=1S/C19H21N3O2/c23-19(22-12-11-21-9-6-17(22)7-10-21)24-18-5-1-3-15(13-18)16-4-2-8-20-14-16/h1-5,8,13-14,17H,6-7,9-12H2. The van der Waals surface area contributed by atoms with Crippen molar-refractivity contribution in [2.24, 2.45) is 0 Å². The van der Waals surface area contributed by atoms with E-state index in [0.717, 1.165) is 50.1 Å². The van der Waals surface area contributed by atoms with Crippen LogP contribution in [-0.4, -0.2) is 53.1 Å². The van der Waals surface area contributed by atoms with E-state index in [9.17, 15) is 4.79 Å². The van der Waals surface area contributed by atoms with Crippen molar-refractivity contribution in [1.82, 2.24) is 14.8 Å². The molecule has 5 heteroatoms. The van der Waals surface area contributed by atoms with Gasteiger partial charge in [0.25, 0.3) is 0 Å². The second-order valence-corrected chi connectivity index (χ2v) is 6.40. The van der Waals surface area contributed by atoms with Gasteiger partial charge in [-0.1, -0.05) is 18.2 Å². The Labute approximate surface area is 141 Å². The fraction of sp³-hybridized carbons (Fsp3) is 0.368. The Morgan fingerprint density at radius 1 is 1.04 bits per heavy atom. The molecular weight excluding hydrogens is 302 g/mol. The third-order valence-electron chi connectivity index (χ3n) is 4.92. The second kappa shape index (κ2) is 6.61. The van der Waals surface area contributed by atoms with Crippen LogP contribution in [-0.2, 0) is 0 Å². The van der Waals surface area contributed by atoms with E-state index < -0.39 is 0 Å². The van der Waals surface area contributed by atoms with Crippen LogP contribution in [0.2, 0.25) is 0 Å². The summed E-state index contributed by atoms with van der Waals surface area (Å²) in [5, 5.41) is 0. The molecule has 5 rings (SSSR count). The molecule has 5 nitrogen and oxygen atoms in total. The molecule has 1 amide bonds. The Hall–Kier alpha value is -2.40. The Kier molecular flexibility index (Phi) is 4.17. The topological polar surface area (TPSA) is 45.7 Å². The summed E-state index contributed by atoms with van der Waals surface area (Å²) in [5.41, 5.74) is 2.01. The minimum Gasteiger partial charge on any atom is -0.410 e. The number of piperidine rings is 1.